The maximum Gasteiger partial charge on any atom is 0.432 e. The van der Waals surface area contributed by atoms with Gasteiger partial charge in [-0.05, 0) is 100 Å². The number of benzene rings is 2. The van der Waals surface area contributed by atoms with Gasteiger partial charge in [0.15, 0.2) is 0 Å². The number of nitrogens with zero attached hydrogens (tertiary/aromatic N) is 4. The lowest BCUT2D eigenvalue weighted by Crippen LogP contribution is -2.32. The molecule has 0 radical (unpaired) electrons. The number of pyridine rings is 2. The smallest absolute Gasteiger partial charge is 0.432 e. The van der Waals surface area contributed by atoms with E-state index in [9.17, 15) is 35.9 Å². The molecule has 0 aliphatic rings. The van der Waals surface area contributed by atoms with Crippen molar-refractivity contribution in [2.75, 3.05) is 20.3 Å². The Balaban J connectivity index is 0.000000224. The molecule has 0 saturated carbocycles. The van der Waals surface area contributed by atoms with Crippen molar-refractivity contribution in [2.24, 2.45) is 10.8 Å². The fraction of sp³-hybridized carbons (Fsp3) is 0.268. The summed E-state index contributed by atoms with van der Waals surface area (Å²) in [7, 11) is 1.33. The van der Waals surface area contributed by atoms with E-state index in [1.165, 1.54) is 19.5 Å². The first kappa shape index (κ1) is 43.4. The number of hydrogen-bond donors (Lipinski definition) is 3. The predicted octanol–water partition coefficient (Wildman–Crippen LogP) is 9.38. The van der Waals surface area contributed by atoms with Crippen LogP contribution in [0.2, 0.25) is 0 Å². The number of hydrogen-bond acceptors (Lipinski definition) is 9. The molecule has 4 heterocycles. The SMILES string of the molecule is CC(C)(COc1ccc(-c2ccc(-c3ncc(C(F)(F)F)[nH]3)cn2)cc1)C(=O)O.COC(=O)C(C)(C)COc1ccc(-c2ccc(-c3ncc(C(F)(F)F)[nH]3)cn2)cc1. The van der Waals surface area contributed by atoms with Gasteiger partial charge in [-0.15, -0.1) is 0 Å². The number of imidazole rings is 2. The first-order valence-electron chi connectivity index (χ1n) is 17.6. The molecule has 0 spiro atoms. The number of H-pyrrole nitrogens is 2. The van der Waals surface area contributed by atoms with Gasteiger partial charge in [-0.1, -0.05) is 0 Å². The fourth-order valence-electron chi connectivity index (χ4n) is 5.00. The van der Waals surface area contributed by atoms with Crippen LogP contribution in [-0.2, 0) is 26.7 Å². The number of alkyl halides is 6. The second-order valence-corrected chi connectivity index (χ2v) is 14.3. The third-order valence-corrected chi connectivity index (χ3v) is 8.65. The van der Waals surface area contributed by atoms with Crippen LogP contribution in [-0.4, -0.2) is 67.3 Å². The van der Waals surface area contributed by atoms with E-state index < -0.39 is 40.5 Å². The Bertz CT molecular complexity index is 2340. The summed E-state index contributed by atoms with van der Waals surface area (Å²) in [5.41, 5.74) is 0.103. The normalized spacial score (nSPS) is 12.0. The Labute approximate surface area is 333 Å². The van der Waals surface area contributed by atoms with Gasteiger partial charge in [0.1, 0.15) is 47.7 Å². The van der Waals surface area contributed by atoms with Gasteiger partial charge in [-0.2, -0.15) is 26.3 Å². The van der Waals surface area contributed by atoms with Gasteiger partial charge in [-0.3, -0.25) is 19.6 Å². The minimum atomic E-state index is -4.48. The van der Waals surface area contributed by atoms with E-state index in [-0.39, 0.29) is 30.8 Å². The number of carbonyl (C=O) groups is 2. The van der Waals surface area contributed by atoms with E-state index in [1.807, 2.05) is 0 Å². The number of halogens is 6. The lowest BCUT2D eigenvalue weighted by Gasteiger charge is -2.21. The van der Waals surface area contributed by atoms with E-state index >= 15 is 0 Å². The van der Waals surface area contributed by atoms with Gasteiger partial charge in [0.2, 0.25) is 0 Å². The Hall–Kier alpha value is -6.72. The van der Waals surface area contributed by atoms with Crippen molar-refractivity contribution >= 4 is 11.9 Å². The summed E-state index contributed by atoms with van der Waals surface area (Å²) in [5.74, 6) is -0.0169. The predicted molar refractivity (Wildman–Crippen MR) is 203 cm³/mol. The van der Waals surface area contributed by atoms with Crippen molar-refractivity contribution in [1.82, 2.24) is 29.9 Å². The van der Waals surface area contributed by atoms with Gasteiger partial charge in [0, 0.05) is 34.6 Å². The lowest BCUT2D eigenvalue weighted by atomic mass is 9.95. The summed E-state index contributed by atoms with van der Waals surface area (Å²) in [6.45, 7) is 6.80. The Kier molecular flexibility index (Phi) is 12.8. The maximum absolute atomic E-state index is 12.7. The average Bonchev–Trinajstić information content (AvgIpc) is 3.92. The van der Waals surface area contributed by atoms with Crippen molar-refractivity contribution in [1.29, 1.82) is 0 Å². The molecule has 310 valence electrons. The molecule has 12 nitrogen and oxygen atoms in total. The van der Waals surface area contributed by atoms with Crippen LogP contribution < -0.4 is 9.47 Å². The van der Waals surface area contributed by atoms with Crippen LogP contribution in [0.1, 0.15) is 39.1 Å². The zero-order valence-corrected chi connectivity index (χ0v) is 32.2. The molecule has 0 saturated heterocycles. The molecule has 3 N–H and O–H groups in total. The number of rotatable bonds is 12. The molecule has 0 aliphatic heterocycles. The van der Waals surface area contributed by atoms with Crippen LogP contribution in [0.4, 0.5) is 26.3 Å². The molecule has 4 aromatic heterocycles. The Morgan fingerprint density at radius 3 is 1.24 bits per heavy atom. The molecular weight excluding hydrogens is 786 g/mol. The number of methoxy groups -OCH3 is 1. The van der Waals surface area contributed by atoms with E-state index in [2.05, 4.69) is 29.9 Å². The summed E-state index contributed by atoms with van der Waals surface area (Å²) in [5, 5.41) is 9.11. The molecule has 0 atom stereocenters. The highest BCUT2D eigenvalue weighted by atomic mass is 19.4. The molecule has 2 aromatic carbocycles. The number of carbonyl (C=O) groups excluding carboxylic acids is 1. The van der Waals surface area contributed by atoms with Gasteiger partial charge in [0.25, 0.3) is 0 Å². The minimum Gasteiger partial charge on any atom is -0.492 e. The number of ether oxygens (including phenoxy) is 3. The van der Waals surface area contributed by atoms with Crippen molar-refractivity contribution in [3.05, 3.63) is 109 Å². The number of aromatic amines is 2. The fourth-order valence-corrected chi connectivity index (χ4v) is 5.00. The van der Waals surface area contributed by atoms with Gasteiger partial charge in [0.05, 0.1) is 41.7 Å². The first-order chi connectivity index (χ1) is 27.7. The average molecular weight is 825 g/mol. The van der Waals surface area contributed by atoms with Crippen molar-refractivity contribution < 1.29 is 55.2 Å². The zero-order valence-electron chi connectivity index (χ0n) is 32.2. The highest BCUT2D eigenvalue weighted by Gasteiger charge is 2.34. The third kappa shape index (κ3) is 11.2. The molecular formula is C41H38F6N6O6. The molecule has 59 heavy (non-hydrogen) atoms. The van der Waals surface area contributed by atoms with E-state index in [4.69, 9.17) is 19.3 Å². The van der Waals surface area contributed by atoms with Crippen LogP contribution in [0, 0.1) is 10.8 Å². The number of nitrogens with one attached hydrogen (secondary N) is 2. The van der Waals surface area contributed by atoms with Crippen molar-refractivity contribution in [3.63, 3.8) is 0 Å². The molecule has 6 rings (SSSR count). The van der Waals surface area contributed by atoms with Crippen molar-refractivity contribution in [3.8, 4) is 56.8 Å². The van der Waals surface area contributed by atoms with Gasteiger partial charge < -0.3 is 29.3 Å². The summed E-state index contributed by atoms with van der Waals surface area (Å²) in [6, 6.07) is 20.7. The summed E-state index contributed by atoms with van der Waals surface area (Å²) in [6.07, 6.45) is -4.57. The maximum atomic E-state index is 12.7. The third-order valence-electron chi connectivity index (χ3n) is 8.65. The van der Waals surface area contributed by atoms with E-state index in [1.54, 1.807) is 100 Å². The molecule has 0 fully saturated rings. The summed E-state index contributed by atoms with van der Waals surface area (Å²) < 4.78 is 92.0. The lowest BCUT2D eigenvalue weighted by molar-refractivity contribution is -0.152. The van der Waals surface area contributed by atoms with Crippen LogP contribution in [0.25, 0.3) is 45.3 Å². The molecule has 0 unspecified atom stereocenters. The van der Waals surface area contributed by atoms with Crippen LogP contribution in [0.15, 0.2) is 97.6 Å². The summed E-state index contributed by atoms with van der Waals surface area (Å²) >= 11 is 0. The van der Waals surface area contributed by atoms with Crippen LogP contribution in [0.3, 0.4) is 0 Å². The van der Waals surface area contributed by atoms with E-state index in [0.29, 0.717) is 34.0 Å². The first-order valence-corrected chi connectivity index (χ1v) is 17.6. The van der Waals surface area contributed by atoms with Crippen molar-refractivity contribution in [2.45, 2.75) is 40.0 Å². The van der Waals surface area contributed by atoms with Gasteiger partial charge in [-0.25, -0.2) is 9.97 Å². The topological polar surface area (TPSA) is 165 Å². The highest BCUT2D eigenvalue weighted by molar-refractivity contribution is 5.76. The van der Waals surface area contributed by atoms with Crippen LogP contribution in [0.5, 0.6) is 11.5 Å². The number of aromatic nitrogens is 6. The Morgan fingerprint density at radius 2 is 0.932 bits per heavy atom. The number of carboxylic acids is 1. The Morgan fingerprint density at radius 1 is 0.559 bits per heavy atom. The quantitative estimate of drug-likeness (QED) is 0.0800. The molecule has 18 heteroatoms. The monoisotopic (exact) mass is 824 g/mol. The zero-order chi connectivity index (χ0) is 43.2. The molecule has 0 aliphatic carbocycles. The number of esters is 1. The molecule has 6 aromatic rings. The molecule has 0 bridgehead atoms. The van der Waals surface area contributed by atoms with E-state index in [0.717, 1.165) is 23.5 Å². The number of aliphatic carboxylic acids is 1. The van der Waals surface area contributed by atoms with Gasteiger partial charge >= 0.3 is 24.3 Å². The van der Waals surface area contributed by atoms with Crippen LogP contribution >= 0.6 is 0 Å². The number of carboxylic acid groups (broad SMARTS) is 1. The second-order valence-electron chi connectivity index (χ2n) is 14.3. The minimum absolute atomic E-state index is 0.0255. The second kappa shape index (κ2) is 17.4. The standard InChI is InChI=1S/C21H20F3N3O3.C20H18F3N3O3/c1-20(2,19(28)29-3)12-30-15-7-4-13(5-8-15)16-9-6-14(10-25-16)18-26-11-17(27-18)21(22,23)24;1-19(2,18(27)28)11-29-14-6-3-12(4-7-14)15-8-5-13(9-24-15)17-25-10-16(26-17)20(21,22)23/h4-11H,12H2,1-3H3,(H,26,27);3-10H,11H2,1-2H3,(H,25,26)(H,27,28). The highest BCUT2D eigenvalue weighted by Crippen LogP contribution is 2.32. The summed E-state index contributed by atoms with van der Waals surface area (Å²) in [4.78, 5) is 43.4. The largest absolute Gasteiger partial charge is 0.492 e. The molecule has 0 amide bonds.